The van der Waals surface area contributed by atoms with E-state index in [2.05, 4.69) is 6.58 Å². The van der Waals surface area contributed by atoms with Crippen molar-refractivity contribution in [1.29, 1.82) is 0 Å². The monoisotopic (exact) mass is 270 g/mol. The molecule has 3 fully saturated rings. The lowest BCUT2D eigenvalue weighted by Crippen LogP contribution is -2.35. The Labute approximate surface area is 111 Å². The highest BCUT2D eigenvalue weighted by molar-refractivity contribution is 5.87. The van der Waals surface area contributed by atoms with E-state index in [-0.39, 0.29) is 30.5 Å². The van der Waals surface area contributed by atoms with Gasteiger partial charge in [-0.05, 0) is 6.92 Å². The highest BCUT2D eigenvalue weighted by Gasteiger charge is 2.50. The van der Waals surface area contributed by atoms with Crippen LogP contribution in [0.5, 0.6) is 0 Å². The van der Waals surface area contributed by atoms with E-state index in [0.717, 1.165) is 6.61 Å². The Hall–Kier alpha value is -0.950. The van der Waals surface area contributed by atoms with Crippen LogP contribution in [-0.2, 0) is 28.5 Å². The van der Waals surface area contributed by atoms with E-state index in [1.165, 1.54) is 0 Å². The third-order valence-electron chi connectivity index (χ3n) is 3.47. The van der Waals surface area contributed by atoms with Gasteiger partial charge in [0.2, 0.25) is 0 Å². The van der Waals surface area contributed by atoms with E-state index in [1.807, 2.05) is 0 Å². The summed E-state index contributed by atoms with van der Waals surface area (Å²) in [6.45, 7) is 7.31. The molecule has 1 unspecified atom stereocenters. The van der Waals surface area contributed by atoms with Crippen LogP contribution in [0.1, 0.15) is 6.92 Å². The number of carbonyl (C=O) groups is 1. The van der Waals surface area contributed by atoms with Crippen molar-refractivity contribution in [1.82, 2.24) is 0 Å². The van der Waals surface area contributed by atoms with Crippen LogP contribution in [0.15, 0.2) is 12.2 Å². The number of epoxide rings is 1. The van der Waals surface area contributed by atoms with E-state index >= 15 is 0 Å². The Kier molecular flexibility index (Phi) is 3.58. The highest BCUT2D eigenvalue weighted by Crippen LogP contribution is 2.31. The number of carbonyl (C=O) groups excluding carboxylic acids is 1. The first-order valence-corrected chi connectivity index (χ1v) is 6.48. The molecule has 0 aromatic rings. The smallest absolute Gasteiger partial charge is 0.333 e. The predicted molar refractivity (Wildman–Crippen MR) is 63.7 cm³/mol. The molecule has 3 rings (SSSR count). The van der Waals surface area contributed by atoms with Crippen LogP contribution in [-0.4, -0.2) is 62.9 Å². The van der Waals surface area contributed by atoms with Crippen molar-refractivity contribution in [3.05, 3.63) is 12.2 Å². The van der Waals surface area contributed by atoms with Crippen LogP contribution >= 0.6 is 0 Å². The number of rotatable bonds is 5. The summed E-state index contributed by atoms with van der Waals surface area (Å²) >= 11 is 0. The molecule has 0 aliphatic carbocycles. The first-order valence-electron chi connectivity index (χ1n) is 6.48. The molecule has 0 aromatic carbocycles. The summed E-state index contributed by atoms with van der Waals surface area (Å²) in [5, 5.41) is 0. The average Bonchev–Trinajstić information content (AvgIpc) is 2.99. The van der Waals surface area contributed by atoms with Crippen molar-refractivity contribution in [2.45, 2.75) is 37.4 Å². The van der Waals surface area contributed by atoms with Gasteiger partial charge < -0.3 is 23.7 Å². The molecule has 106 valence electrons. The van der Waals surface area contributed by atoms with E-state index in [9.17, 15) is 4.79 Å². The van der Waals surface area contributed by atoms with E-state index in [0.29, 0.717) is 25.4 Å². The highest BCUT2D eigenvalue weighted by atomic mass is 16.7. The topological polar surface area (TPSA) is 66.5 Å². The molecule has 0 amide bonds. The number of hydrogen-bond donors (Lipinski definition) is 0. The third-order valence-corrected chi connectivity index (χ3v) is 3.47. The molecule has 3 aliphatic rings. The van der Waals surface area contributed by atoms with Gasteiger partial charge in [0.25, 0.3) is 0 Å². The minimum atomic E-state index is -0.409. The van der Waals surface area contributed by atoms with Gasteiger partial charge >= 0.3 is 5.97 Å². The van der Waals surface area contributed by atoms with E-state index in [4.69, 9.17) is 23.7 Å². The number of hydrogen-bond acceptors (Lipinski definition) is 6. The van der Waals surface area contributed by atoms with E-state index < -0.39 is 5.97 Å². The molecule has 5 atom stereocenters. The fourth-order valence-electron chi connectivity index (χ4n) is 2.31. The lowest BCUT2D eigenvalue weighted by Gasteiger charge is -2.17. The zero-order chi connectivity index (χ0) is 13.4. The molecule has 6 nitrogen and oxygen atoms in total. The fourth-order valence-corrected chi connectivity index (χ4v) is 2.31. The van der Waals surface area contributed by atoms with Crippen molar-refractivity contribution in [3.8, 4) is 0 Å². The lowest BCUT2D eigenvalue weighted by molar-refractivity contribution is -0.149. The van der Waals surface area contributed by atoms with Crippen LogP contribution in [0.4, 0.5) is 0 Å². The number of fused-ring (bicyclic) bond motifs is 1. The van der Waals surface area contributed by atoms with Gasteiger partial charge in [0.1, 0.15) is 24.4 Å². The van der Waals surface area contributed by atoms with Crippen LogP contribution in [0, 0.1) is 0 Å². The molecule has 0 aromatic heterocycles. The Balaban J connectivity index is 1.52. The second kappa shape index (κ2) is 5.20. The summed E-state index contributed by atoms with van der Waals surface area (Å²) in [5.74, 6) is -0.409. The van der Waals surface area contributed by atoms with Gasteiger partial charge in [-0.3, -0.25) is 0 Å². The molecule has 19 heavy (non-hydrogen) atoms. The molecule has 6 heteroatoms. The lowest BCUT2D eigenvalue weighted by atomic mass is 10.1. The Morgan fingerprint density at radius 1 is 1.16 bits per heavy atom. The van der Waals surface area contributed by atoms with Crippen LogP contribution in [0.3, 0.4) is 0 Å². The van der Waals surface area contributed by atoms with Gasteiger partial charge in [-0.2, -0.15) is 0 Å². The summed E-state index contributed by atoms with van der Waals surface area (Å²) in [4.78, 5) is 11.5. The molecular formula is C13H18O6. The van der Waals surface area contributed by atoms with Gasteiger partial charge in [0, 0.05) is 5.57 Å². The van der Waals surface area contributed by atoms with Crippen molar-refractivity contribution >= 4 is 5.97 Å². The molecule has 0 radical (unpaired) electrons. The first kappa shape index (κ1) is 13.1. The normalized spacial score (nSPS) is 39.9. The summed E-state index contributed by atoms with van der Waals surface area (Å²) in [6.07, 6.45) is -0.671. The fraction of sp³-hybridized carbons (Fsp3) is 0.769. The van der Waals surface area contributed by atoms with Gasteiger partial charge in [-0.25, -0.2) is 4.79 Å². The Morgan fingerprint density at radius 2 is 1.79 bits per heavy atom. The maximum Gasteiger partial charge on any atom is 0.333 e. The molecule has 3 aliphatic heterocycles. The quantitative estimate of drug-likeness (QED) is 0.400. The van der Waals surface area contributed by atoms with Gasteiger partial charge in [-0.1, -0.05) is 6.58 Å². The van der Waals surface area contributed by atoms with Gasteiger partial charge in [0.15, 0.2) is 6.10 Å². The SMILES string of the molecule is C=C(C)C(=O)O[C@@H]1CO[C@H]2[C@@H]1OC[C@@H]2OCC1CO1. The summed E-state index contributed by atoms with van der Waals surface area (Å²) < 4.78 is 27.4. The predicted octanol–water partition coefficient (Wildman–Crippen LogP) is 0.0559. The van der Waals surface area contributed by atoms with Crippen molar-refractivity contribution in [2.75, 3.05) is 26.4 Å². The van der Waals surface area contributed by atoms with Crippen LogP contribution < -0.4 is 0 Å². The Bertz CT molecular complexity index is 377. The van der Waals surface area contributed by atoms with Gasteiger partial charge in [0.05, 0.1) is 26.4 Å². The average molecular weight is 270 g/mol. The summed E-state index contributed by atoms with van der Waals surface area (Å²) in [7, 11) is 0. The second-order valence-corrected chi connectivity index (χ2v) is 5.15. The standard InChI is InChI=1S/C13H18O6/c1-7(2)13(14)19-10-6-18-11-9(5-17-12(10)11)16-4-8-3-15-8/h8-12H,1,3-6H2,2H3/t8?,9-,10+,11+,12+/m0/s1. The molecule has 3 heterocycles. The van der Waals surface area contributed by atoms with Gasteiger partial charge in [-0.15, -0.1) is 0 Å². The second-order valence-electron chi connectivity index (χ2n) is 5.15. The summed E-state index contributed by atoms with van der Waals surface area (Å²) in [5.41, 5.74) is 0.375. The third kappa shape index (κ3) is 2.81. The van der Waals surface area contributed by atoms with Crippen molar-refractivity contribution in [2.24, 2.45) is 0 Å². The molecular weight excluding hydrogens is 252 g/mol. The zero-order valence-corrected chi connectivity index (χ0v) is 10.9. The van der Waals surface area contributed by atoms with Crippen LogP contribution in [0.25, 0.3) is 0 Å². The Morgan fingerprint density at radius 3 is 2.42 bits per heavy atom. The largest absolute Gasteiger partial charge is 0.454 e. The summed E-state index contributed by atoms with van der Waals surface area (Å²) in [6, 6.07) is 0. The minimum absolute atomic E-state index is 0.109. The molecule has 0 N–H and O–H groups in total. The van der Waals surface area contributed by atoms with Crippen molar-refractivity contribution < 1.29 is 28.5 Å². The molecule has 0 bridgehead atoms. The zero-order valence-electron chi connectivity index (χ0n) is 10.9. The molecule has 0 spiro atoms. The molecule has 0 saturated carbocycles. The number of ether oxygens (including phenoxy) is 5. The maximum atomic E-state index is 11.5. The van der Waals surface area contributed by atoms with E-state index in [1.54, 1.807) is 6.92 Å². The van der Waals surface area contributed by atoms with Crippen molar-refractivity contribution in [3.63, 3.8) is 0 Å². The van der Waals surface area contributed by atoms with Crippen LogP contribution in [0.2, 0.25) is 0 Å². The number of esters is 1. The molecule has 3 saturated heterocycles. The maximum absolute atomic E-state index is 11.5. The minimum Gasteiger partial charge on any atom is -0.454 e. The first-order chi connectivity index (χ1) is 9.15.